The summed E-state index contributed by atoms with van der Waals surface area (Å²) < 4.78 is 7.13. The van der Waals surface area contributed by atoms with E-state index < -0.39 is 0 Å². The average molecular weight is 226 g/mol. The predicted molar refractivity (Wildman–Crippen MR) is 63.5 cm³/mol. The molecule has 0 amide bonds. The molecule has 92 valence electrons. The van der Waals surface area contributed by atoms with E-state index in [1.807, 2.05) is 11.7 Å². The third kappa shape index (κ3) is 3.28. The van der Waals surface area contributed by atoms with Crippen LogP contribution in [0.4, 0.5) is 0 Å². The lowest BCUT2D eigenvalue weighted by Crippen LogP contribution is -2.35. The summed E-state index contributed by atoms with van der Waals surface area (Å²) in [5.41, 5.74) is 0. The van der Waals surface area contributed by atoms with Crippen molar-refractivity contribution in [1.82, 2.24) is 20.1 Å². The smallest absolute Gasteiger partial charge is 0.150 e. The highest BCUT2D eigenvalue weighted by atomic mass is 16.5. The zero-order valence-electron chi connectivity index (χ0n) is 10.7. The third-order valence-corrected chi connectivity index (χ3v) is 2.59. The highest BCUT2D eigenvalue weighted by Gasteiger charge is 2.12. The van der Waals surface area contributed by atoms with Crippen molar-refractivity contribution in [2.24, 2.45) is 0 Å². The molecule has 5 heteroatoms. The Labute approximate surface area is 97.2 Å². The molecule has 1 unspecified atom stereocenters. The minimum atomic E-state index is 0.279. The SMILES string of the molecule is CCc1nc(CC)n(CC(COC)NC)n1. The number of methoxy groups -OCH3 is 1. The lowest BCUT2D eigenvalue weighted by molar-refractivity contribution is 0.160. The van der Waals surface area contributed by atoms with Crippen LogP contribution in [0.5, 0.6) is 0 Å². The van der Waals surface area contributed by atoms with Crippen LogP contribution in [0.2, 0.25) is 0 Å². The van der Waals surface area contributed by atoms with Gasteiger partial charge in [0.2, 0.25) is 0 Å². The molecule has 1 heterocycles. The maximum Gasteiger partial charge on any atom is 0.150 e. The van der Waals surface area contributed by atoms with Crippen molar-refractivity contribution in [2.45, 2.75) is 39.3 Å². The van der Waals surface area contributed by atoms with Crippen LogP contribution in [-0.4, -0.2) is 41.6 Å². The molecule has 0 aliphatic rings. The zero-order chi connectivity index (χ0) is 12.0. The Balaban J connectivity index is 2.73. The molecule has 1 N–H and O–H groups in total. The van der Waals surface area contributed by atoms with Crippen LogP contribution < -0.4 is 5.32 Å². The predicted octanol–water partition coefficient (Wildman–Crippen LogP) is 0.637. The van der Waals surface area contributed by atoms with Crippen molar-refractivity contribution in [3.05, 3.63) is 11.6 Å². The van der Waals surface area contributed by atoms with E-state index in [4.69, 9.17) is 4.74 Å². The molecular formula is C11H22N4O. The van der Waals surface area contributed by atoms with Gasteiger partial charge in [0.15, 0.2) is 5.82 Å². The number of ether oxygens (including phenoxy) is 1. The fraction of sp³-hybridized carbons (Fsp3) is 0.818. The highest BCUT2D eigenvalue weighted by molar-refractivity contribution is 4.93. The summed E-state index contributed by atoms with van der Waals surface area (Å²) in [6.07, 6.45) is 1.80. The van der Waals surface area contributed by atoms with Crippen LogP contribution in [0.15, 0.2) is 0 Å². The van der Waals surface area contributed by atoms with Crippen molar-refractivity contribution in [2.75, 3.05) is 20.8 Å². The molecule has 0 aromatic carbocycles. The van der Waals surface area contributed by atoms with Crippen molar-refractivity contribution in [3.63, 3.8) is 0 Å². The second-order valence-electron chi connectivity index (χ2n) is 3.77. The van der Waals surface area contributed by atoms with E-state index in [0.29, 0.717) is 6.61 Å². The molecule has 16 heavy (non-hydrogen) atoms. The van der Waals surface area contributed by atoms with E-state index in [1.165, 1.54) is 0 Å². The summed E-state index contributed by atoms with van der Waals surface area (Å²) >= 11 is 0. The Morgan fingerprint density at radius 3 is 2.62 bits per heavy atom. The molecule has 1 aromatic heterocycles. The molecule has 1 rings (SSSR count). The first-order valence-corrected chi connectivity index (χ1v) is 5.83. The van der Waals surface area contributed by atoms with Gasteiger partial charge in [-0.1, -0.05) is 13.8 Å². The quantitative estimate of drug-likeness (QED) is 0.741. The Hall–Kier alpha value is -0.940. The summed E-state index contributed by atoms with van der Waals surface area (Å²) in [6, 6.07) is 0.279. The lowest BCUT2D eigenvalue weighted by atomic mass is 10.3. The van der Waals surface area contributed by atoms with Crippen LogP contribution >= 0.6 is 0 Å². The van der Waals surface area contributed by atoms with Crippen LogP contribution in [0.3, 0.4) is 0 Å². The first-order chi connectivity index (χ1) is 7.74. The monoisotopic (exact) mass is 226 g/mol. The molecule has 0 saturated heterocycles. The van der Waals surface area contributed by atoms with Crippen LogP contribution in [-0.2, 0) is 24.1 Å². The van der Waals surface area contributed by atoms with E-state index in [2.05, 4.69) is 29.2 Å². The fourth-order valence-corrected chi connectivity index (χ4v) is 1.62. The first kappa shape index (κ1) is 13.1. The maximum absolute atomic E-state index is 5.15. The second-order valence-corrected chi connectivity index (χ2v) is 3.77. The number of aryl methyl sites for hydroxylation is 2. The first-order valence-electron chi connectivity index (χ1n) is 5.83. The average Bonchev–Trinajstić information content (AvgIpc) is 2.70. The van der Waals surface area contributed by atoms with Gasteiger partial charge in [-0.2, -0.15) is 5.10 Å². The molecule has 0 saturated carbocycles. The minimum absolute atomic E-state index is 0.279. The van der Waals surface area contributed by atoms with E-state index in [-0.39, 0.29) is 6.04 Å². The number of aromatic nitrogens is 3. The lowest BCUT2D eigenvalue weighted by Gasteiger charge is -2.15. The molecule has 1 aromatic rings. The van der Waals surface area contributed by atoms with Crippen LogP contribution in [0.1, 0.15) is 25.5 Å². The Morgan fingerprint density at radius 1 is 1.38 bits per heavy atom. The van der Waals surface area contributed by atoms with E-state index in [1.54, 1.807) is 7.11 Å². The minimum Gasteiger partial charge on any atom is -0.383 e. The summed E-state index contributed by atoms with van der Waals surface area (Å²) in [7, 11) is 3.65. The van der Waals surface area contributed by atoms with Crippen molar-refractivity contribution >= 4 is 0 Å². The standard InChI is InChI=1S/C11H22N4O/c1-5-10-13-11(6-2)15(14-10)7-9(12-3)8-16-4/h9,12H,5-8H2,1-4H3. The Bertz CT molecular complexity index is 311. The molecule has 0 radical (unpaired) electrons. The summed E-state index contributed by atoms with van der Waals surface area (Å²) in [6.45, 7) is 5.66. The Kier molecular flexibility index (Phi) is 5.42. The molecule has 0 bridgehead atoms. The van der Waals surface area contributed by atoms with E-state index >= 15 is 0 Å². The van der Waals surface area contributed by atoms with Gasteiger partial charge in [-0.3, -0.25) is 0 Å². The topological polar surface area (TPSA) is 52.0 Å². The van der Waals surface area contributed by atoms with Gasteiger partial charge in [-0.15, -0.1) is 0 Å². The maximum atomic E-state index is 5.15. The summed E-state index contributed by atoms with van der Waals surface area (Å²) in [5.74, 6) is 1.97. The molecular weight excluding hydrogens is 204 g/mol. The molecule has 0 spiro atoms. The molecule has 5 nitrogen and oxygen atoms in total. The molecule has 0 aliphatic carbocycles. The second kappa shape index (κ2) is 6.60. The molecule has 1 atom stereocenters. The molecule has 0 fully saturated rings. The van der Waals surface area contributed by atoms with Gasteiger partial charge in [0.05, 0.1) is 13.2 Å². The van der Waals surface area contributed by atoms with Crippen LogP contribution in [0, 0.1) is 0 Å². The summed E-state index contributed by atoms with van der Waals surface area (Å²) in [5, 5.41) is 7.70. The zero-order valence-corrected chi connectivity index (χ0v) is 10.7. The van der Waals surface area contributed by atoms with Gasteiger partial charge in [0.25, 0.3) is 0 Å². The van der Waals surface area contributed by atoms with Gasteiger partial charge in [-0.25, -0.2) is 9.67 Å². The number of hydrogen-bond donors (Lipinski definition) is 1. The van der Waals surface area contributed by atoms with Gasteiger partial charge < -0.3 is 10.1 Å². The van der Waals surface area contributed by atoms with E-state index in [9.17, 15) is 0 Å². The largest absolute Gasteiger partial charge is 0.383 e. The van der Waals surface area contributed by atoms with Gasteiger partial charge in [0, 0.05) is 26.0 Å². The number of likely N-dealkylation sites (N-methyl/N-ethyl adjacent to an activating group) is 1. The van der Waals surface area contributed by atoms with Crippen LogP contribution in [0.25, 0.3) is 0 Å². The fourth-order valence-electron chi connectivity index (χ4n) is 1.62. The molecule has 0 aliphatic heterocycles. The van der Waals surface area contributed by atoms with E-state index in [0.717, 1.165) is 31.0 Å². The summed E-state index contributed by atoms with van der Waals surface area (Å²) in [4.78, 5) is 4.48. The Morgan fingerprint density at radius 2 is 2.12 bits per heavy atom. The number of nitrogens with zero attached hydrogens (tertiary/aromatic N) is 3. The highest BCUT2D eigenvalue weighted by Crippen LogP contribution is 2.02. The van der Waals surface area contributed by atoms with Gasteiger partial charge in [-0.05, 0) is 7.05 Å². The van der Waals surface area contributed by atoms with Gasteiger partial charge in [0.1, 0.15) is 5.82 Å². The van der Waals surface area contributed by atoms with Gasteiger partial charge >= 0.3 is 0 Å². The normalized spacial score (nSPS) is 13.0. The third-order valence-electron chi connectivity index (χ3n) is 2.59. The number of rotatable bonds is 7. The number of hydrogen-bond acceptors (Lipinski definition) is 4. The van der Waals surface area contributed by atoms with Crippen molar-refractivity contribution < 1.29 is 4.74 Å². The van der Waals surface area contributed by atoms with Crippen molar-refractivity contribution in [1.29, 1.82) is 0 Å². The van der Waals surface area contributed by atoms with Crippen molar-refractivity contribution in [3.8, 4) is 0 Å². The number of nitrogens with one attached hydrogen (secondary N) is 1.